The second-order valence-corrected chi connectivity index (χ2v) is 3.31. The summed E-state index contributed by atoms with van der Waals surface area (Å²) in [6, 6.07) is 0. The molecule has 1 aliphatic rings. The predicted molar refractivity (Wildman–Crippen MR) is 41.7 cm³/mol. The van der Waals surface area contributed by atoms with Crippen LogP contribution in [0.1, 0.15) is 19.8 Å². The van der Waals surface area contributed by atoms with Gasteiger partial charge in [-0.25, -0.2) is 0 Å². The molecule has 0 atom stereocenters. The Balaban J connectivity index is 0.000001000. The van der Waals surface area contributed by atoms with Crippen LogP contribution in [0.15, 0.2) is 0 Å². The SMILES string of the molecule is CCCC[N+]1(CCO)CC1.[Cl-]. The monoisotopic (exact) mass is 179 g/mol. The van der Waals surface area contributed by atoms with Crippen LogP contribution in [0.4, 0.5) is 0 Å². The van der Waals surface area contributed by atoms with Crippen LogP contribution in [0.3, 0.4) is 0 Å². The fraction of sp³-hybridized carbons (Fsp3) is 1.00. The first-order valence-electron chi connectivity index (χ1n) is 4.29. The maximum atomic E-state index is 8.73. The molecule has 1 N–H and O–H groups in total. The van der Waals surface area contributed by atoms with Crippen LogP contribution < -0.4 is 12.4 Å². The highest BCUT2D eigenvalue weighted by atomic mass is 35.5. The molecule has 0 aliphatic carbocycles. The lowest BCUT2D eigenvalue weighted by molar-refractivity contribution is -0.800. The highest BCUT2D eigenvalue weighted by Crippen LogP contribution is 2.20. The summed E-state index contributed by atoms with van der Waals surface area (Å²) >= 11 is 0. The number of aliphatic hydroxyl groups excluding tert-OH is 1. The Bertz CT molecular complexity index is 104. The molecule has 1 heterocycles. The average molecular weight is 180 g/mol. The van der Waals surface area contributed by atoms with Crippen LogP contribution in [-0.2, 0) is 0 Å². The number of hydrogen-bond acceptors (Lipinski definition) is 1. The second-order valence-electron chi connectivity index (χ2n) is 3.31. The summed E-state index contributed by atoms with van der Waals surface area (Å²) in [4.78, 5) is 0. The van der Waals surface area contributed by atoms with Gasteiger partial charge < -0.3 is 22.0 Å². The lowest BCUT2D eigenvalue weighted by Gasteiger charge is -2.15. The molecule has 0 radical (unpaired) electrons. The average Bonchev–Trinajstić information content (AvgIpc) is 2.67. The smallest absolute Gasteiger partial charge is 0.129 e. The summed E-state index contributed by atoms with van der Waals surface area (Å²) < 4.78 is 1.20. The van der Waals surface area contributed by atoms with Crippen molar-refractivity contribution in [2.45, 2.75) is 19.8 Å². The molecule has 1 fully saturated rings. The molecular formula is C8H18ClNO. The molecule has 68 valence electrons. The van der Waals surface area contributed by atoms with E-state index in [0.717, 1.165) is 6.54 Å². The van der Waals surface area contributed by atoms with E-state index in [-0.39, 0.29) is 12.4 Å². The van der Waals surface area contributed by atoms with Crippen LogP contribution in [0.25, 0.3) is 0 Å². The van der Waals surface area contributed by atoms with Crippen molar-refractivity contribution in [2.75, 3.05) is 32.8 Å². The Morgan fingerprint density at radius 3 is 2.27 bits per heavy atom. The van der Waals surface area contributed by atoms with Crippen molar-refractivity contribution in [3.8, 4) is 0 Å². The Hall–Kier alpha value is 0.210. The van der Waals surface area contributed by atoms with Crippen molar-refractivity contribution < 1.29 is 22.0 Å². The van der Waals surface area contributed by atoms with Gasteiger partial charge in [0, 0.05) is 0 Å². The molecule has 0 bridgehead atoms. The van der Waals surface area contributed by atoms with Crippen LogP contribution >= 0.6 is 0 Å². The van der Waals surface area contributed by atoms with Crippen LogP contribution in [0.5, 0.6) is 0 Å². The molecule has 11 heavy (non-hydrogen) atoms. The number of nitrogens with zero attached hydrogens (tertiary/aromatic N) is 1. The Kier molecular flexibility index (Phi) is 5.06. The molecule has 0 spiro atoms. The third-order valence-electron chi connectivity index (χ3n) is 2.42. The summed E-state index contributed by atoms with van der Waals surface area (Å²) in [6.07, 6.45) is 2.60. The van der Waals surface area contributed by atoms with Crippen molar-refractivity contribution in [3.63, 3.8) is 0 Å². The van der Waals surface area contributed by atoms with Crippen molar-refractivity contribution in [1.82, 2.24) is 0 Å². The van der Waals surface area contributed by atoms with Crippen LogP contribution in [0.2, 0.25) is 0 Å². The minimum Gasteiger partial charge on any atom is -1.00 e. The summed E-state index contributed by atoms with van der Waals surface area (Å²) in [5.74, 6) is 0. The van der Waals surface area contributed by atoms with Gasteiger partial charge in [-0.15, -0.1) is 0 Å². The fourth-order valence-electron chi connectivity index (χ4n) is 1.41. The molecule has 3 heteroatoms. The largest absolute Gasteiger partial charge is 1.00 e. The molecule has 0 aromatic carbocycles. The number of halogens is 1. The minimum absolute atomic E-state index is 0. The molecule has 0 aromatic rings. The topological polar surface area (TPSA) is 20.2 Å². The third-order valence-corrected chi connectivity index (χ3v) is 2.42. The van der Waals surface area contributed by atoms with Gasteiger partial charge in [0.2, 0.25) is 0 Å². The number of quaternary nitrogens is 1. The van der Waals surface area contributed by atoms with Gasteiger partial charge in [0.15, 0.2) is 0 Å². The van der Waals surface area contributed by atoms with E-state index in [2.05, 4.69) is 6.92 Å². The normalized spacial score (nSPS) is 19.1. The Morgan fingerprint density at radius 2 is 1.91 bits per heavy atom. The van der Waals surface area contributed by atoms with Crippen LogP contribution in [0, 0.1) is 0 Å². The van der Waals surface area contributed by atoms with Crippen molar-refractivity contribution in [1.29, 1.82) is 0 Å². The highest BCUT2D eigenvalue weighted by molar-refractivity contribution is 4.56. The maximum Gasteiger partial charge on any atom is 0.129 e. The summed E-state index contributed by atoms with van der Waals surface area (Å²) in [6.45, 7) is 7.47. The lowest BCUT2D eigenvalue weighted by atomic mass is 10.3. The molecule has 1 saturated heterocycles. The molecule has 0 unspecified atom stereocenters. The number of rotatable bonds is 5. The van der Waals surface area contributed by atoms with Gasteiger partial charge in [0.1, 0.15) is 19.6 Å². The van der Waals surface area contributed by atoms with E-state index < -0.39 is 0 Å². The first-order chi connectivity index (χ1) is 4.83. The standard InChI is InChI=1S/C8H18NO.ClH/c1-2-3-4-9(5-6-9)7-8-10;/h10H,2-8H2,1H3;1H/q+1;/p-1. The summed E-state index contributed by atoms with van der Waals surface area (Å²) in [5.41, 5.74) is 0. The zero-order chi connectivity index (χ0) is 7.45. The Morgan fingerprint density at radius 1 is 1.27 bits per heavy atom. The summed E-state index contributed by atoms with van der Waals surface area (Å²) in [5, 5.41) is 8.73. The molecule has 0 saturated carbocycles. The van der Waals surface area contributed by atoms with E-state index in [4.69, 9.17) is 5.11 Å². The lowest BCUT2D eigenvalue weighted by Crippen LogP contribution is -3.00. The highest BCUT2D eigenvalue weighted by Gasteiger charge is 2.40. The quantitative estimate of drug-likeness (QED) is 0.369. The predicted octanol–water partition coefficient (Wildman–Crippen LogP) is -2.39. The number of aliphatic hydroxyl groups is 1. The Labute approximate surface area is 75.2 Å². The summed E-state index contributed by atoms with van der Waals surface area (Å²) in [7, 11) is 0. The van der Waals surface area contributed by atoms with Gasteiger partial charge in [-0.1, -0.05) is 13.3 Å². The van der Waals surface area contributed by atoms with Gasteiger partial charge in [0.25, 0.3) is 0 Å². The van der Waals surface area contributed by atoms with Gasteiger partial charge in [-0.05, 0) is 6.42 Å². The van der Waals surface area contributed by atoms with Crippen molar-refractivity contribution in [3.05, 3.63) is 0 Å². The van der Waals surface area contributed by atoms with E-state index in [9.17, 15) is 0 Å². The molecule has 0 amide bonds. The van der Waals surface area contributed by atoms with E-state index >= 15 is 0 Å². The third kappa shape index (κ3) is 3.41. The van der Waals surface area contributed by atoms with Gasteiger partial charge in [-0.3, -0.25) is 0 Å². The van der Waals surface area contributed by atoms with E-state index in [1.54, 1.807) is 0 Å². The zero-order valence-corrected chi connectivity index (χ0v) is 7.98. The minimum atomic E-state index is 0. The van der Waals surface area contributed by atoms with Crippen molar-refractivity contribution >= 4 is 0 Å². The van der Waals surface area contributed by atoms with Gasteiger partial charge in [0.05, 0.1) is 13.2 Å². The molecule has 1 rings (SSSR count). The van der Waals surface area contributed by atoms with Crippen LogP contribution in [-0.4, -0.2) is 42.4 Å². The molecule has 1 aliphatic heterocycles. The fourth-order valence-corrected chi connectivity index (χ4v) is 1.41. The van der Waals surface area contributed by atoms with Gasteiger partial charge in [-0.2, -0.15) is 0 Å². The van der Waals surface area contributed by atoms with E-state index in [1.165, 1.54) is 37.0 Å². The number of unbranched alkanes of at least 4 members (excludes halogenated alkanes) is 1. The van der Waals surface area contributed by atoms with Gasteiger partial charge >= 0.3 is 0 Å². The van der Waals surface area contributed by atoms with Crippen molar-refractivity contribution in [2.24, 2.45) is 0 Å². The zero-order valence-electron chi connectivity index (χ0n) is 7.22. The first kappa shape index (κ1) is 11.2. The molecule has 2 nitrogen and oxygen atoms in total. The molecule has 0 aromatic heterocycles. The number of hydrogen-bond donors (Lipinski definition) is 1. The van der Waals surface area contributed by atoms with E-state index in [1.807, 2.05) is 0 Å². The van der Waals surface area contributed by atoms with E-state index in [0.29, 0.717) is 6.61 Å². The maximum absolute atomic E-state index is 8.73. The first-order valence-corrected chi connectivity index (χ1v) is 4.29. The second kappa shape index (κ2) is 4.96. The molecular weight excluding hydrogens is 162 g/mol.